The van der Waals surface area contributed by atoms with E-state index in [0.717, 1.165) is 5.70 Å². The van der Waals surface area contributed by atoms with Crippen molar-refractivity contribution in [1.29, 1.82) is 0 Å². The van der Waals surface area contributed by atoms with Crippen molar-refractivity contribution < 1.29 is 9.53 Å². The maximum absolute atomic E-state index is 8.63. The number of allylic oxidation sites excluding steroid dienone is 1. The molecule has 0 saturated heterocycles. The zero-order chi connectivity index (χ0) is 9.84. The van der Waals surface area contributed by atoms with Gasteiger partial charge in [-0.15, -0.1) is 0 Å². The van der Waals surface area contributed by atoms with E-state index in [9.17, 15) is 0 Å². The van der Waals surface area contributed by atoms with E-state index < -0.39 is 0 Å². The number of ether oxygens (including phenoxy) is 1. The van der Waals surface area contributed by atoms with E-state index in [1.165, 1.54) is 0 Å². The molecule has 0 fully saturated rings. The summed E-state index contributed by atoms with van der Waals surface area (Å²) in [4.78, 5) is 5.10. The molecule has 0 bridgehead atoms. The molecule has 70 valence electrons. The smallest absolute Gasteiger partial charge is 0.324 e. The molecule has 0 amide bonds. The SMILES string of the molecule is COC1C=C(N(C)C)C=CC1=[N+]=[N-]. The second-order valence-corrected chi connectivity index (χ2v) is 3.00. The molecule has 0 heterocycles. The Morgan fingerprint density at radius 2 is 2.15 bits per heavy atom. The lowest BCUT2D eigenvalue weighted by molar-refractivity contribution is -0.0186. The van der Waals surface area contributed by atoms with Gasteiger partial charge in [0.2, 0.25) is 0 Å². The van der Waals surface area contributed by atoms with Crippen molar-refractivity contribution in [3.8, 4) is 0 Å². The van der Waals surface area contributed by atoms with Crippen molar-refractivity contribution in [2.45, 2.75) is 6.10 Å². The molecule has 13 heavy (non-hydrogen) atoms. The zero-order valence-electron chi connectivity index (χ0n) is 8.06. The molecule has 0 N–H and O–H groups in total. The number of hydrogen-bond acceptors (Lipinski definition) is 2. The average molecular weight is 179 g/mol. The molecule has 0 aromatic heterocycles. The fourth-order valence-corrected chi connectivity index (χ4v) is 1.14. The molecular weight excluding hydrogens is 166 g/mol. The summed E-state index contributed by atoms with van der Waals surface area (Å²) in [6, 6.07) is 0. The minimum absolute atomic E-state index is 0.257. The van der Waals surface area contributed by atoms with Gasteiger partial charge in [-0.25, -0.2) is 0 Å². The van der Waals surface area contributed by atoms with Gasteiger partial charge in [0.1, 0.15) is 0 Å². The molecule has 1 aliphatic rings. The van der Waals surface area contributed by atoms with Crippen molar-refractivity contribution in [2.75, 3.05) is 21.2 Å². The second kappa shape index (κ2) is 4.03. The Hall–Kier alpha value is -1.38. The van der Waals surface area contributed by atoms with Crippen LogP contribution in [0.15, 0.2) is 23.9 Å². The van der Waals surface area contributed by atoms with Gasteiger partial charge in [-0.2, -0.15) is 4.79 Å². The largest absolute Gasteiger partial charge is 0.378 e. The Bertz CT molecular complexity index is 298. The Kier molecular flexibility index (Phi) is 3.01. The highest BCUT2D eigenvalue weighted by atomic mass is 16.5. The third-order valence-electron chi connectivity index (χ3n) is 1.92. The Labute approximate surface area is 77.7 Å². The van der Waals surface area contributed by atoms with E-state index in [1.807, 2.05) is 31.1 Å². The van der Waals surface area contributed by atoms with E-state index in [2.05, 4.69) is 4.79 Å². The van der Waals surface area contributed by atoms with Gasteiger partial charge in [-0.1, -0.05) is 0 Å². The fraction of sp³-hybridized carbons (Fsp3) is 0.444. The molecule has 1 unspecified atom stereocenters. The number of nitrogens with zero attached hydrogens (tertiary/aromatic N) is 3. The van der Waals surface area contributed by atoms with Crippen molar-refractivity contribution in [1.82, 2.24) is 4.90 Å². The van der Waals surface area contributed by atoms with E-state index in [1.54, 1.807) is 13.2 Å². The third-order valence-corrected chi connectivity index (χ3v) is 1.92. The summed E-state index contributed by atoms with van der Waals surface area (Å²) < 4.78 is 5.13. The Morgan fingerprint density at radius 3 is 2.62 bits per heavy atom. The lowest BCUT2D eigenvalue weighted by atomic mass is 10.1. The van der Waals surface area contributed by atoms with E-state index in [0.29, 0.717) is 5.71 Å². The quantitative estimate of drug-likeness (QED) is 0.462. The molecule has 0 radical (unpaired) electrons. The molecular formula is C9H13N3O. The first-order valence-electron chi connectivity index (χ1n) is 4.01. The van der Waals surface area contributed by atoms with Crippen molar-refractivity contribution in [3.05, 3.63) is 29.5 Å². The molecule has 4 nitrogen and oxygen atoms in total. The minimum atomic E-state index is -0.257. The molecule has 1 atom stereocenters. The monoisotopic (exact) mass is 179 g/mol. The van der Waals surface area contributed by atoms with Crippen LogP contribution in [0.4, 0.5) is 0 Å². The molecule has 4 heteroatoms. The molecule has 0 aromatic rings. The van der Waals surface area contributed by atoms with Gasteiger partial charge in [0, 0.05) is 33.0 Å². The van der Waals surface area contributed by atoms with Gasteiger partial charge in [-0.05, 0) is 12.2 Å². The zero-order valence-corrected chi connectivity index (χ0v) is 8.06. The second-order valence-electron chi connectivity index (χ2n) is 3.00. The lowest BCUT2D eigenvalue weighted by Crippen LogP contribution is -2.25. The van der Waals surface area contributed by atoms with Crippen LogP contribution in [-0.2, 0) is 4.74 Å². The van der Waals surface area contributed by atoms with Gasteiger partial charge in [0.05, 0.1) is 0 Å². The van der Waals surface area contributed by atoms with Crippen LogP contribution >= 0.6 is 0 Å². The molecule has 0 aliphatic heterocycles. The van der Waals surface area contributed by atoms with Gasteiger partial charge in [-0.3, -0.25) is 0 Å². The lowest BCUT2D eigenvalue weighted by Gasteiger charge is -2.18. The van der Waals surface area contributed by atoms with Crippen LogP contribution in [0.1, 0.15) is 0 Å². The number of methoxy groups -OCH3 is 1. The Morgan fingerprint density at radius 1 is 1.46 bits per heavy atom. The maximum Gasteiger partial charge on any atom is 0.324 e. The summed E-state index contributed by atoms with van der Waals surface area (Å²) in [6.07, 6.45) is 5.26. The molecule has 0 saturated carbocycles. The minimum Gasteiger partial charge on any atom is -0.378 e. The van der Waals surface area contributed by atoms with Gasteiger partial charge >= 0.3 is 5.71 Å². The Balaban J connectivity index is 2.93. The van der Waals surface area contributed by atoms with Gasteiger partial charge in [0.25, 0.3) is 0 Å². The van der Waals surface area contributed by atoms with Gasteiger partial charge < -0.3 is 15.2 Å². The standard InChI is InChI=1S/C9H13N3O/c1-12(2)7-4-5-8(11-10)9(6-7)13-3/h4-6,9H,1-3H3. The highest BCUT2D eigenvalue weighted by Gasteiger charge is 2.22. The van der Waals surface area contributed by atoms with E-state index in [-0.39, 0.29) is 6.10 Å². The average Bonchev–Trinajstić information content (AvgIpc) is 2.16. The van der Waals surface area contributed by atoms with Crippen LogP contribution in [0.5, 0.6) is 0 Å². The topological polar surface area (TPSA) is 48.9 Å². The number of hydrogen-bond donors (Lipinski definition) is 0. The highest BCUT2D eigenvalue weighted by Crippen LogP contribution is 2.11. The predicted octanol–water partition coefficient (Wildman–Crippen LogP) is 0.688. The van der Waals surface area contributed by atoms with Crippen LogP contribution in [0.25, 0.3) is 5.53 Å². The number of likely N-dealkylation sites (N-methyl/N-ethyl adjacent to an activating group) is 1. The summed E-state index contributed by atoms with van der Waals surface area (Å²) in [5, 5.41) is 0. The molecule has 0 aromatic carbocycles. The molecule has 1 aliphatic carbocycles. The maximum atomic E-state index is 8.63. The number of rotatable bonds is 2. The third kappa shape index (κ3) is 2.05. The van der Waals surface area contributed by atoms with Crippen LogP contribution in [0, 0.1) is 0 Å². The highest BCUT2D eigenvalue weighted by molar-refractivity contribution is 5.97. The van der Waals surface area contributed by atoms with Crippen molar-refractivity contribution >= 4 is 5.71 Å². The van der Waals surface area contributed by atoms with Gasteiger partial charge in [0.15, 0.2) is 6.10 Å². The van der Waals surface area contributed by atoms with Crippen LogP contribution in [0.3, 0.4) is 0 Å². The summed E-state index contributed by atoms with van der Waals surface area (Å²) in [5.74, 6) is 0. The molecule has 0 spiro atoms. The van der Waals surface area contributed by atoms with Crippen molar-refractivity contribution in [3.63, 3.8) is 0 Å². The predicted molar refractivity (Wildman–Crippen MR) is 50.3 cm³/mol. The fourth-order valence-electron chi connectivity index (χ4n) is 1.14. The normalized spacial score (nSPS) is 21.0. The van der Waals surface area contributed by atoms with Crippen LogP contribution in [0.2, 0.25) is 0 Å². The molecule has 1 rings (SSSR count). The summed E-state index contributed by atoms with van der Waals surface area (Å²) in [7, 11) is 5.48. The summed E-state index contributed by atoms with van der Waals surface area (Å²) >= 11 is 0. The van der Waals surface area contributed by atoms with Crippen molar-refractivity contribution in [2.24, 2.45) is 0 Å². The summed E-state index contributed by atoms with van der Waals surface area (Å²) in [6.45, 7) is 0. The summed E-state index contributed by atoms with van der Waals surface area (Å²) in [5.41, 5.74) is 10.2. The van der Waals surface area contributed by atoms with E-state index in [4.69, 9.17) is 10.3 Å². The van der Waals surface area contributed by atoms with Crippen LogP contribution < -0.4 is 0 Å². The van der Waals surface area contributed by atoms with Crippen LogP contribution in [-0.4, -0.2) is 42.7 Å². The van der Waals surface area contributed by atoms with E-state index >= 15 is 0 Å². The first-order valence-corrected chi connectivity index (χ1v) is 4.01. The first-order chi connectivity index (χ1) is 6.19. The first kappa shape index (κ1) is 9.71.